The highest BCUT2D eigenvalue weighted by Gasteiger charge is 2.12. The third-order valence-electron chi connectivity index (χ3n) is 4.13. The van der Waals surface area contributed by atoms with Crippen LogP contribution in [0.5, 0.6) is 0 Å². The molecule has 0 aliphatic heterocycles. The van der Waals surface area contributed by atoms with E-state index in [0.29, 0.717) is 17.8 Å². The van der Waals surface area contributed by atoms with Gasteiger partial charge in [0.25, 0.3) is 0 Å². The topological polar surface area (TPSA) is 0 Å². The Kier molecular flexibility index (Phi) is 5.22. The van der Waals surface area contributed by atoms with Crippen molar-refractivity contribution in [1.82, 2.24) is 0 Å². The fourth-order valence-electron chi connectivity index (χ4n) is 2.63. The number of rotatable bonds is 5. The van der Waals surface area contributed by atoms with Crippen LogP contribution in [0.1, 0.15) is 74.6 Å². The highest BCUT2D eigenvalue weighted by molar-refractivity contribution is 5.35. The van der Waals surface area contributed by atoms with E-state index >= 15 is 0 Å². The molecule has 0 bridgehead atoms. The molecule has 0 aromatic heterocycles. The zero-order chi connectivity index (χ0) is 15.4. The highest BCUT2D eigenvalue weighted by Crippen LogP contribution is 2.28. The molecule has 0 spiro atoms. The first-order valence-electron chi connectivity index (χ1n) is 8.08. The zero-order valence-electron chi connectivity index (χ0n) is 14.0. The van der Waals surface area contributed by atoms with Crippen molar-refractivity contribution >= 4 is 0 Å². The molecule has 0 saturated heterocycles. The lowest BCUT2D eigenvalue weighted by atomic mass is 9.87. The minimum Gasteiger partial charge on any atom is -0.0622 e. The highest BCUT2D eigenvalue weighted by atomic mass is 14.2. The standard InChI is InChI=1S/C21H27/c1-15(2)19-12-20(16(3)4)14-21(13-19)17(5)11-18-9-7-6-8-10-18/h6-10,13-17H,11H2,1-5H3/t17-/m0/s1. The predicted octanol–water partition coefficient (Wildman–Crippen LogP) is 6.08. The Morgan fingerprint density at radius 2 is 1.33 bits per heavy atom. The van der Waals surface area contributed by atoms with Crippen molar-refractivity contribution in [3.8, 4) is 0 Å². The SMILES string of the molecule is CC(C)c1[c]c(C(C)C)cc([C@@H](C)Cc2ccccc2)c1. The molecule has 0 aliphatic rings. The van der Waals surface area contributed by atoms with Gasteiger partial charge in [-0.15, -0.1) is 0 Å². The lowest BCUT2D eigenvalue weighted by molar-refractivity contribution is 0.744. The predicted molar refractivity (Wildman–Crippen MR) is 92.0 cm³/mol. The second kappa shape index (κ2) is 6.93. The van der Waals surface area contributed by atoms with E-state index in [9.17, 15) is 0 Å². The number of benzene rings is 2. The van der Waals surface area contributed by atoms with Crippen LogP contribution in [0.25, 0.3) is 0 Å². The molecule has 0 fully saturated rings. The van der Waals surface area contributed by atoms with Gasteiger partial charge in [0, 0.05) is 0 Å². The summed E-state index contributed by atoms with van der Waals surface area (Å²) in [5.41, 5.74) is 5.55. The number of hydrogen-bond donors (Lipinski definition) is 0. The van der Waals surface area contributed by atoms with Crippen molar-refractivity contribution in [2.75, 3.05) is 0 Å². The van der Waals surface area contributed by atoms with Crippen LogP contribution >= 0.6 is 0 Å². The van der Waals surface area contributed by atoms with Crippen LogP contribution in [-0.4, -0.2) is 0 Å². The van der Waals surface area contributed by atoms with Crippen LogP contribution in [0.2, 0.25) is 0 Å². The molecule has 0 nitrogen and oxygen atoms in total. The second-order valence-corrected chi connectivity index (χ2v) is 6.72. The molecule has 0 N–H and O–H groups in total. The summed E-state index contributed by atoms with van der Waals surface area (Å²) in [5, 5.41) is 0. The first-order chi connectivity index (χ1) is 9.97. The van der Waals surface area contributed by atoms with Crippen molar-refractivity contribution in [3.05, 3.63) is 70.8 Å². The minimum atomic E-state index is 0.534. The van der Waals surface area contributed by atoms with Gasteiger partial charge in [-0.3, -0.25) is 0 Å². The smallest absolute Gasteiger partial charge is 0.0109 e. The first kappa shape index (κ1) is 15.8. The molecule has 2 rings (SSSR count). The second-order valence-electron chi connectivity index (χ2n) is 6.72. The fourth-order valence-corrected chi connectivity index (χ4v) is 2.63. The summed E-state index contributed by atoms with van der Waals surface area (Å²) in [6.07, 6.45) is 1.10. The van der Waals surface area contributed by atoms with Crippen LogP contribution in [0.4, 0.5) is 0 Å². The molecule has 0 unspecified atom stereocenters. The summed E-state index contributed by atoms with van der Waals surface area (Å²) in [7, 11) is 0. The van der Waals surface area contributed by atoms with Gasteiger partial charge in [-0.25, -0.2) is 0 Å². The van der Waals surface area contributed by atoms with Crippen LogP contribution in [0.15, 0.2) is 42.5 Å². The molecule has 1 radical (unpaired) electrons. The van der Waals surface area contributed by atoms with Crippen LogP contribution in [-0.2, 0) is 6.42 Å². The van der Waals surface area contributed by atoms with E-state index < -0.39 is 0 Å². The van der Waals surface area contributed by atoms with Gasteiger partial charge in [0.05, 0.1) is 0 Å². The molecule has 21 heavy (non-hydrogen) atoms. The molecule has 1 atom stereocenters. The van der Waals surface area contributed by atoms with Gasteiger partial charge in [-0.2, -0.15) is 0 Å². The quantitative estimate of drug-likeness (QED) is 0.622. The van der Waals surface area contributed by atoms with Gasteiger partial charge < -0.3 is 0 Å². The Balaban J connectivity index is 2.29. The Morgan fingerprint density at radius 3 is 1.81 bits per heavy atom. The van der Waals surface area contributed by atoms with E-state index in [1.165, 1.54) is 22.3 Å². The van der Waals surface area contributed by atoms with Crippen molar-refractivity contribution < 1.29 is 0 Å². The molecule has 0 amide bonds. The summed E-state index contributed by atoms with van der Waals surface area (Å²) in [6, 6.07) is 19.1. The van der Waals surface area contributed by atoms with E-state index in [1.54, 1.807) is 0 Å². The third kappa shape index (κ3) is 4.20. The van der Waals surface area contributed by atoms with E-state index in [1.807, 2.05) is 0 Å². The largest absolute Gasteiger partial charge is 0.0622 e. The van der Waals surface area contributed by atoms with Crippen molar-refractivity contribution in [3.63, 3.8) is 0 Å². The fraction of sp³-hybridized carbons (Fsp3) is 0.429. The summed E-state index contributed by atoms with van der Waals surface area (Å²) >= 11 is 0. The van der Waals surface area contributed by atoms with Gasteiger partial charge >= 0.3 is 0 Å². The average molecular weight is 279 g/mol. The third-order valence-corrected chi connectivity index (χ3v) is 4.13. The summed E-state index contributed by atoms with van der Waals surface area (Å²) < 4.78 is 0. The first-order valence-corrected chi connectivity index (χ1v) is 8.08. The maximum absolute atomic E-state index is 3.60. The van der Waals surface area contributed by atoms with E-state index in [4.69, 9.17) is 0 Å². The number of hydrogen-bond acceptors (Lipinski definition) is 0. The Morgan fingerprint density at radius 1 is 0.810 bits per heavy atom. The van der Waals surface area contributed by atoms with Gasteiger partial charge in [0.1, 0.15) is 0 Å². The van der Waals surface area contributed by atoms with E-state index in [0.717, 1.165) is 6.42 Å². The monoisotopic (exact) mass is 279 g/mol. The van der Waals surface area contributed by atoms with Crippen LogP contribution in [0, 0.1) is 6.07 Å². The van der Waals surface area contributed by atoms with E-state index in [-0.39, 0.29) is 0 Å². The minimum absolute atomic E-state index is 0.534. The molecule has 2 aromatic rings. The van der Waals surface area contributed by atoms with Gasteiger partial charge in [0.2, 0.25) is 0 Å². The van der Waals surface area contributed by atoms with Crippen molar-refractivity contribution in [2.45, 2.75) is 58.8 Å². The summed E-state index contributed by atoms with van der Waals surface area (Å²) in [5.74, 6) is 1.61. The Bertz CT molecular complexity index is 538. The lowest BCUT2D eigenvalue weighted by Gasteiger charge is -2.18. The van der Waals surface area contributed by atoms with Crippen molar-refractivity contribution in [2.24, 2.45) is 0 Å². The maximum Gasteiger partial charge on any atom is -0.0109 e. The van der Waals surface area contributed by atoms with Crippen LogP contribution < -0.4 is 0 Å². The molecular weight excluding hydrogens is 252 g/mol. The normalized spacial score (nSPS) is 12.9. The molecule has 0 aliphatic carbocycles. The van der Waals surface area contributed by atoms with Crippen molar-refractivity contribution in [1.29, 1.82) is 0 Å². The summed E-state index contributed by atoms with van der Waals surface area (Å²) in [4.78, 5) is 0. The molecule has 0 heterocycles. The van der Waals surface area contributed by atoms with Crippen LogP contribution in [0.3, 0.4) is 0 Å². The van der Waals surface area contributed by atoms with E-state index in [2.05, 4.69) is 83.1 Å². The Hall–Kier alpha value is -1.56. The molecule has 2 aromatic carbocycles. The van der Waals surface area contributed by atoms with Gasteiger partial charge in [-0.05, 0) is 52.5 Å². The van der Waals surface area contributed by atoms with Gasteiger partial charge in [-0.1, -0.05) is 77.1 Å². The average Bonchev–Trinajstić information content (AvgIpc) is 2.47. The maximum atomic E-state index is 3.60. The zero-order valence-corrected chi connectivity index (χ0v) is 14.0. The Labute approximate surface area is 130 Å². The molecule has 111 valence electrons. The molecule has 0 saturated carbocycles. The molecular formula is C21H27. The van der Waals surface area contributed by atoms with Gasteiger partial charge in [0.15, 0.2) is 0 Å². The molecule has 0 heteroatoms. The summed E-state index contributed by atoms with van der Waals surface area (Å²) in [6.45, 7) is 11.3. The lowest BCUT2D eigenvalue weighted by Crippen LogP contribution is -2.03.